The molecule has 0 amide bonds. The molecule has 0 aromatic heterocycles. The van der Waals surface area contributed by atoms with Gasteiger partial charge in [-0.1, -0.05) is 0 Å². The van der Waals surface area contributed by atoms with Gasteiger partial charge in [0.25, 0.3) is 6.47 Å². The number of ketones is 2. The second-order valence-electron chi connectivity index (χ2n) is 2.70. The predicted octanol–water partition coefficient (Wildman–Crippen LogP) is -0.0273. The lowest BCUT2D eigenvalue weighted by Crippen LogP contribution is -2.20. The summed E-state index contributed by atoms with van der Waals surface area (Å²) in [6.07, 6.45) is 0.334. The summed E-state index contributed by atoms with van der Waals surface area (Å²) >= 11 is 0. The van der Waals surface area contributed by atoms with Crippen molar-refractivity contribution in [1.29, 1.82) is 0 Å². The van der Waals surface area contributed by atoms with Crippen LogP contribution in [0.15, 0.2) is 0 Å². The average Bonchev–Trinajstić information content (AvgIpc) is 1.83. The van der Waals surface area contributed by atoms with Crippen LogP contribution in [-0.2, 0) is 14.4 Å². The molecule has 0 rings (SSSR count). The fraction of sp³-hybridized carbons (Fsp3) is 0.625. The van der Waals surface area contributed by atoms with Crippen molar-refractivity contribution in [3.63, 3.8) is 0 Å². The van der Waals surface area contributed by atoms with Gasteiger partial charge in [0.05, 0.1) is 6.42 Å². The largest absolute Gasteiger partial charge is 0.483 e. The molecular formula is C8H15NO4. The minimum absolute atomic E-state index is 0.0293. The second kappa shape index (κ2) is 8.86. The minimum Gasteiger partial charge on any atom is -0.483 e. The Hall–Kier alpha value is -1.23. The van der Waals surface area contributed by atoms with Gasteiger partial charge >= 0.3 is 0 Å². The molecule has 0 spiro atoms. The summed E-state index contributed by atoms with van der Waals surface area (Å²) in [5.74, 6) is -0.159. The zero-order chi connectivity index (χ0) is 10.9. The van der Waals surface area contributed by atoms with Crippen molar-refractivity contribution in [3.8, 4) is 0 Å². The summed E-state index contributed by atoms with van der Waals surface area (Å²) in [4.78, 5) is 29.5. The Morgan fingerprint density at radius 3 is 2.15 bits per heavy atom. The Balaban J connectivity index is 0. The average molecular weight is 189 g/mol. The Kier molecular flexibility index (Phi) is 9.75. The first-order chi connectivity index (χ1) is 5.93. The van der Waals surface area contributed by atoms with E-state index in [9.17, 15) is 9.59 Å². The number of Topliss-reactive ketones (excluding diaryl/α,β-unsaturated/α-hetero) is 2. The minimum atomic E-state index is -0.250. The molecule has 5 nitrogen and oxygen atoms in total. The Morgan fingerprint density at radius 1 is 1.54 bits per heavy atom. The number of carboxylic acid groups (broad SMARTS) is 1. The normalized spacial score (nSPS) is 10.7. The molecule has 0 aromatic carbocycles. The van der Waals surface area contributed by atoms with Gasteiger partial charge in [0.15, 0.2) is 0 Å². The fourth-order valence-electron chi connectivity index (χ4n) is 0.709. The van der Waals surface area contributed by atoms with Crippen LogP contribution in [0.1, 0.15) is 26.7 Å². The summed E-state index contributed by atoms with van der Waals surface area (Å²) < 4.78 is 0. The van der Waals surface area contributed by atoms with Crippen molar-refractivity contribution >= 4 is 18.0 Å². The molecule has 0 aliphatic rings. The first-order valence-electron chi connectivity index (χ1n) is 3.78. The monoisotopic (exact) mass is 189 g/mol. The van der Waals surface area contributed by atoms with Gasteiger partial charge in [0, 0.05) is 12.5 Å². The highest BCUT2D eigenvalue weighted by Crippen LogP contribution is 1.93. The zero-order valence-electron chi connectivity index (χ0n) is 7.82. The van der Waals surface area contributed by atoms with E-state index in [0.29, 0.717) is 6.42 Å². The van der Waals surface area contributed by atoms with Crippen molar-refractivity contribution in [2.24, 2.45) is 5.73 Å². The van der Waals surface area contributed by atoms with Gasteiger partial charge in [-0.15, -0.1) is 0 Å². The van der Waals surface area contributed by atoms with Crippen LogP contribution in [0.25, 0.3) is 0 Å². The SMILES string of the molecule is CC(=O)CC(=O)CC(C)N.O=CO. The van der Waals surface area contributed by atoms with E-state index in [0.717, 1.165) is 0 Å². The summed E-state index contributed by atoms with van der Waals surface area (Å²) in [6, 6.07) is -0.133. The highest BCUT2D eigenvalue weighted by atomic mass is 16.3. The maximum Gasteiger partial charge on any atom is 0.290 e. The second-order valence-corrected chi connectivity index (χ2v) is 2.70. The zero-order valence-corrected chi connectivity index (χ0v) is 7.82. The van der Waals surface area contributed by atoms with Crippen molar-refractivity contribution in [2.45, 2.75) is 32.7 Å². The molecule has 5 heteroatoms. The molecule has 0 aliphatic heterocycles. The van der Waals surface area contributed by atoms with Crippen LogP contribution in [0.5, 0.6) is 0 Å². The van der Waals surface area contributed by atoms with E-state index in [1.807, 2.05) is 0 Å². The topological polar surface area (TPSA) is 97.5 Å². The lowest BCUT2D eigenvalue weighted by Gasteiger charge is -2.00. The van der Waals surface area contributed by atoms with Gasteiger partial charge in [-0.3, -0.25) is 14.4 Å². The molecule has 13 heavy (non-hydrogen) atoms. The maximum absolute atomic E-state index is 10.8. The maximum atomic E-state index is 10.8. The molecule has 0 fully saturated rings. The van der Waals surface area contributed by atoms with Crippen LogP contribution in [0.4, 0.5) is 0 Å². The molecule has 1 unspecified atom stereocenters. The van der Waals surface area contributed by atoms with Crippen molar-refractivity contribution < 1.29 is 19.5 Å². The molecule has 0 saturated heterocycles. The van der Waals surface area contributed by atoms with Crippen LogP contribution in [-0.4, -0.2) is 29.2 Å². The molecule has 0 heterocycles. The number of nitrogens with two attached hydrogens (primary N) is 1. The van der Waals surface area contributed by atoms with Crippen LogP contribution < -0.4 is 5.73 Å². The van der Waals surface area contributed by atoms with E-state index in [-0.39, 0.29) is 30.5 Å². The van der Waals surface area contributed by atoms with E-state index >= 15 is 0 Å². The summed E-state index contributed by atoms with van der Waals surface area (Å²) in [6.45, 7) is 2.90. The number of carbonyl (C=O) groups excluding carboxylic acids is 2. The number of carbonyl (C=O) groups is 3. The fourth-order valence-corrected chi connectivity index (χ4v) is 0.709. The molecular weight excluding hydrogens is 174 g/mol. The standard InChI is InChI=1S/C7H13NO2.CH2O2/c1-5(8)3-7(10)4-6(2)9;2-1-3/h5H,3-4,8H2,1-2H3;1H,(H,2,3). The number of hydrogen-bond donors (Lipinski definition) is 2. The van der Waals surface area contributed by atoms with Gasteiger partial charge < -0.3 is 10.8 Å². The Bertz CT molecular complexity index is 177. The smallest absolute Gasteiger partial charge is 0.290 e. The summed E-state index contributed by atoms with van der Waals surface area (Å²) in [7, 11) is 0. The summed E-state index contributed by atoms with van der Waals surface area (Å²) in [5, 5.41) is 6.89. The first kappa shape index (κ1) is 14.3. The molecule has 0 aromatic rings. The van der Waals surface area contributed by atoms with Crippen LogP contribution in [0, 0.1) is 0 Å². The molecule has 3 N–H and O–H groups in total. The lowest BCUT2D eigenvalue weighted by molar-refractivity contribution is -0.126. The van der Waals surface area contributed by atoms with E-state index in [2.05, 4.69) is 0 Å². The van der Waals surface area contributed by atoms with Gasteiger partial charge in [-0.2, -0.15) is 0 Å². The van der Waals surface area contributed by atoms with Crippen molar-refractivity contribution in [3.05, 3.63) is 0 Å². The number of rotatable bonds is 4. The Morgan fingerprint density at radius 2 is 1.92 bits per heavy atom. The van der Waals surface area contributed by atoms with Crippen LogP contribution in [0.2, 0.25) is 0 Å². The van der Waals surface area contributed by atoms with Gasteiger partial charge in [-0.05, 0) is 13.8 Å². The van der Waals surface area contributed by atoms with Crippen molar-refractivity contribution in [1.82, 2.24) is 0 Å². The van der Waals surface area contributed by atoms with Gasteiger partial charge in [0.2, 0.25) is 0 Å². The molecule has 1 atom stereocenters. The number of hydrogen-bond acceptors (Lipinski definition) is 4. The molecule has 0 bridgehead atoms. The third-order valence-electron chi connectivity index (χ3n) is 0.996. The first-order valence-corrected chi connectivity index (χ1v) is 3.78. The van der Waals surface area contributed by atoms with Crippen LogP contribution >= 0.6 is 0 Å². The molecule has 0 saturated carbocycles. The van der Waals surface area contributed by atoms with Gasteiger partial charge in [-0.25, -0.2) is 0 Å². The highest BCUT2D eigenvalue weighted by molar-refractivity contribution is 5.98. The van der Waals surface area contributed by atoms with E-state index in [1.54, 1.807) is 6.92 Å². The van der Waals surface area contributed by atoms with E-state index < -0.39 is 0 Å². The van der Waals surface area contributed by atoms with E-state index in [1.165, 1.54) is 6.92 Å². The lowest BCUT2D eigenvalue weighted by atomic mass is 10.1. The van der Waals surface area contributed by atoms with Crippen LogP contribution in [0.3, 0.4) is 0 Å². The van der Waals surface area contributed by atoms with E-state index in [4.69, 9.17) is 15.6 Å². The molecule has 0 radical (unpaired) electrons. The molecule has 0 aliphatic carbocycles. The third-order valence-corrected chi connectivity index (χ3v) is 0.996. The molecule has 76 valence electrons. The van der Waals surface area contributed by atoms with Gasteiger partial charge in [0.1, 0.15) is 11.6 Å². The highest BCUT2D eigenvalue weighted by Gasteiger charge is 2.06. The summed E-state index contributed by atoms with van der Waals surface area (Å²) in [5.41, 5.74) is 5.34. The van der Waals surface area contributed by atoms with Crippen molar-refractivity contribution in [2.75, 3.05) is 0 Å². The Labute approximate surface area is 76.9 Å². The predicted molar refractivity (Wildman–Crippen MR) is 47.3 cm³/mol. The third kappa shape index (κ3) is 18.1. The quantitative estimate of drug-likeness (QED) is 0.478.